The lowest BCUT2D eigenvalue weighted by Crippen LogP contribution is -2.60. The van der Waals surface area contributed by atoms with E-state index in [-0.39, 0.29) is 0 Å². The van der Waals surface area contributed by atoms with Crippen LogP contribution in [0, 0.1) is 0 Å². The summed E-state index contributed by atoms with van der Waals surface area (Å²) in [6.45, 7) is 0. The van der Waals surface area contributed by atoms with Gasteiger partial charge in [-0.25, -0.2) is 0 Å². The summed E-state index contributed by atoms with van der Waals surface area (Å²) in [4.78, 5) is 0. The van der Waals surface area contributed by atoms with Crippen LogP contribution in [0.3, 0.4) is 0 Å². The van der Waals surface area contributed by atoms with Crippen molar-refractivity contribution in [2.24, 2.45) is 11.5 Å². The fraction of sp³-hybridized carbons (Fsp3) is 0.167. The average molecular weight is 255 g/mol. The summed E-state index contributed by atoms with van der Waals surface area (Å²) < 4.78 is -1.30. The van der Waals surface area contributed by atoms with Crippen molar-refractivity contribution in [1.82, 2.24) is 0 Å². The van der Waals surface area contributed by atoms with Gasteiger partial charge in [0.15, 0.2) is 4.33 Å². The van der Waals surface area contributed by atoms with Crippen LogP contribution < -0.4 is 11.5 Å². The Balaban J connectivity index is 2.41. The number of rotatable bonds is 1. The van der Waals surface area contributed by atoms with Crippen LogP contribution in [-0.4, -0.2) is 10.00 Å². The monoisotopic (exact) mass is 254 g/mol. The third-order valence-corrected chi connectivity index (χ3v) is 3.43. The van der Waals surface area contributed by atoms with Gasteiger partial charge < -0.3 is 11.5 Å². The largest absolute Gasteiger partial charge is 0.307 e. The Hall–Kier alpha value is -0.800. The van der Waals surface area contributed by atoms with Crippen LogP contribution in [0.15, 0.2) is 48.6 Å². The molecule has 0 unspecified atom stereocenters. The van der Waals surface area contributed by atoms with E-state index in [9.17, 15) is 0 Å². The molecule has 0 spiro atoms. The Labute approximate surface area is 105 Å². The molecule has 0 saturated heterocycles. The van der Waals surface area contributed by atoms with E-state index in [1.807, 2.05) is 36.4 Å². The standard InChI is InChI=1S/C12H12Cl2N2/c13-11(14)8-10(6-7-12(11,15)16)9-4-2-1-3-5-9/h1-8H,15-16H2. The van der Waals surface area contributed by atoms with E-state index in [1.54, 1.807) is 12.2 Å². The predicted octanol–water partition coefficient (Wildman–Crippen LogP) is 2.43. The van der Waals surface area contributed by atoms with Crippen LogP contribution >= 0.6 is 23.2 Å². The van der Waals surface area contributed by atoms with Gasteiger partial charge in [-0.05, 0) is 23.3 Å². The van der Waals surface area contributed by atoms with Gasteiger partial charge in [0, 0.05) is 0 Å². The Morgan fingerprint density at radius 3 is 2.19 bits per heavy atom. The lowest BCUT2D eigenvalue weighted by atomic mass is 9.93. The van der Waals surface area contributed by atoms with Crippen molar-refractivity contribution >= 4 is 28.8 Å². The minimum Gasteiger partial charge on any atom is -0.307 e. The first-order valence-electron chi connectivity index (χ1n) is 4.85. The zero-order valence-corrected chi connectivity index (χ0v) is 10.0. The molecule has 0 fully saturated rings. The molecule has 2 rings (SSSR count). The zero-order valence-electron chi connectivity index (χ0n) is 8.53. The van der Waals surface area contributed by atoms with Crippen LogP contribution in [0.1, 0.15) is 5.56 Å². The maximum atomic E-state index is 6.10. The van der Waals surface area contributed by atoms with Crippen molar-refractivity contribution in [2.45, 2.75) is 10.00 Å². The smallest absolute Gasteiger partial charge is 0.171 e. The lowest BCUT2D eigenvalue weighted by molar-refractivity contribution is 0.531. The Bertz CT molecular complexity index is 447. The number of nitrogens with two attached hydrogens (primary N) is 2. The first-order valence-corrected chi connectivity index (χ1v) is 5.61. The van der Waals surface area contributed by atoms with E-state index in [4.69, 9.17) is 34.7 Å². The quantitative estimate of drug-likeness (QED) is 0.598. The molecule has 4 N–H and O–H groups in total. The molecule has 0 radical (unpaired) electrons. The molecule has 84 valence electrons. The maximum absolute atomic E-state index is 6.10. The van der Waals surface area contributed by atoms with Crippen LogP contribution in [-0.2, 0) is 0 Å². The van der Waals surface area contributed by atoms with Crippen LogP contribution in [0.5, 0.6) is 0 Å². The van der Waals surface area contributed by atoms with Gasteiger partial charge in [-0.2, -0.15) is 0 Å². The molecule has 1 aromatic rings. The normalized spacial score (nSPS) is 21.6. The molecule has 0 heterocycles. The molecule has 0 aliphatic heterocycles. The van der Waals surface area contributed by atoms with Crippen molar-refractivity contribution in [1.29, 1.82) is 0 Å². The van der Waals surface area contributed by atoms with Crippen molar-refractivity contribution in [3.63, 3.8) is 0 Å². The van der Waals surface area contributed by atoms with E-state index < -0.39 is 10.00 Å². The molecule has 2 nitrogen and oxygen atoms in total. The summed E-state index contributed by atoms with van der Waals surface area (Å²) in [5.41, 5.74) is 12.3. The minimum absolute atomic E-state index is 0.914. The lowest BCUT2D eigenvalue weighted by Gasteiger charge is -2.35. The number of benzene rings is 1. The van der Waals surface area contributed by atoms with Crippen molar-refractivity contribution in [3.05, 3.63) is 54.1 Å². The van der Waals surface area contributed by atoms with Crippen LogP contribution in [0.4, 0.5) is 0 Å². The molecule has 1 aliphatic carbocycles. The molecule has 1 aliphatic rings. The second kappa shape index (κ2) is 3.90. The number of halogens is 2. The Morgan fingerprint density at radius 2 is 1.62 bits per heavy atom. The van der Waals surface area contributed by atoms with Gasteiger partial charge in [0.1, 0.15) is 5.66 Å². The predicted molar refractivity (Wildman–Crippen MR) is 69.1 cm³/mol. The molecule has 0 bridgehead atoms. The summed E-state index contributed by atoms with van der Waals surface area (Å²) >= 11 is 12.2. The maximum Gasteiger partial charge on any atom is 0.171 e. The summed E-state index contributed by atoms with van der Waals surface area (Å²) in [5, 5.41) is 0. The molecular formula is C12H12Cl2N2. The van der Waals surface area contributed by atoms with Crippen molar-refractivity contribution in [2.75, 3.05) is 0 Å². The van der Waals surface area contributed by atoms with Gasteiger partial charge in [0.2, 0.25) is 0 Å². The number of allylic oxidation sites excluding steroid dienone is 2. The molecule has 0 aromatic heterocycles. The average Bonchev–Trinajstić information content (AvgIpc) is 2.23. The second-order valence-corrected chi connectivity index (χ2v) is 5.24. The molecule has 4 heteroatoms. The highest BCUT2D eigenvalue weighted by Gasteiger charge is 2.42. The highest BCUT2D eigenvalue weighted by atomic mass is 35.5. The summed E-state index contributed by atoms with van der Waals surface area (Å²) in [7, 11) is 0. The first-order chi connectivity index (χ1) is 7.42. The molecule has 16 heavy (non-hydrogen) atoms. The third kappa shape index (κ3) is 2.02. The van der Waals surface area contributed by atoms with Gasteiger partial charge >= 0.3 is 0 Å². The number of hydrogen-bond donors (Lipinski definition) is 2. The number of alkyl halides is 2. The van der Waals surface area contributed by atoms with Crippen LogP contribution in [0.2, 0.25) is 0 Å². The van der Waals surface area contributed by atoms with Crippen molar-refractivity contribution in [3.8, 4) is 0 Å². The van der Waals surface area contributed by atoms with Gasteiger partial charge in [0.25, 0.3) is 0 Å². The highest BCUT2D eigenvalue weighted by Crippen LogP contribution is 2.38. The van der Waals surface area contributed by atoms with E-state index in [0.717, 1.165) is 11.1 Å². The number of hydrogen-bond acceptors (Lipinski definition) is 2. The third-order valence-electron chi connectivity index (χ3n) is 2.56. The van der Waals surface area contributed by atoms with Crippen molar-refractivity contribution < 1.29 is 0 Å². The van der Waals surface area contributed by atoms with E-state index in [2.05, 4.69) is 0 Å². The van der Waals surface area contributed by atoms with Gasteiger partial charge in [-0.1, -0.05) is 59.6 Å². The molecule has 0 saturated carbocycles. The molecule has 1 aromatic carbocycles. The van der Waals surface area contributed by atoms with Crippen LogP contribution in [0.25, 0.3) is 5.57 Å². The van der Waals surface area contributed by atoms with E-state index in [0.29, 0.717) is 0 Å². The summed E-state index contributed by atoms with van der Waals surface area (Å²) in [6.07, 6.45) is 5.12. The summed E-state index contributed by atoms with van der Waals surface area (Å²) in [5.74, 6) is 0. The highest BCUT2D eigenvalue weighted by molar-refractivity contribution is 6.51. The molecule has 0 atom stereocenters. The Morgan fingerprint density at radius 1 is 1.00 bits per heavy atom. The van der Waals surface area contributed by atoms with E-state index >= 15 is 0 Å². The molecule has 0 amide bonds. The molecular weight excluding hydrogens is 243 g/mol. The van der Waals surface area contributed by atoms with E-state index in [1.165, 1.54) is 0 Å². The fourth-order valence-corrected chi connectivity index (χ4v) is 1.88. The first kappa shape index (κ1) is 11.7. The van der Waals surface area contributed by atoms with Gasteiger partial charge in [0.05, 0.1) is 0 Å². The SMILES string of the molecule is NC1(N)C=CC(c2ccccc2)=CC1(Cl)Cl. The fourth-order valence-electron chi connectivity index (χ4n) is 1.52. The Kier molecular flexibility index (Phi) is 2.84. The van der Waals surface area contributed by atoms with Gasteiger partial charge in [-0.3, -0.25) is 0 Å². The topological polar surface area (TPSA) is 52.0 Å². The minimum atomic E-state index is -1.30. The second-order valence-electron chi connectivity index (χ2n) is 3.86. The van der Waals surface area contributed by atoms with Gasteiger partial charge in [-0.15, -0.1) is 0 Å². The zero-order chi connectivity index (χ0) is 11.8. The summed E-state index contributed by atoms with van der Waals surface area (Å²) in [6, 6.07) is 9.78.